The summed E-state index contributed by atoms with van der Waals surface area (Å²) in [5.74, 6) is -0.474. The van der Waals surface area contributed by atoms with Gasteiger partial charge >= 0.3 is 0 Å². The first-order valence-electron chi connectivity index (χ1n) is 8.48. The standard InChI is InChI=1S/C18H23N5O2/c1-13-10-21-23(12-13)8-4-7-20-18(25)15-9-16(24)22(2)17(15)14-5-3-6-19-11-14/h3,5-6,10-12,15,17H,4,7-9H2,1-2H3,(H,20,25)/t15-,17-/m1/s1. The Morgan fingerprint density at radius 2 is 2.24 bits per heavy atom. The van der Waals surface area contributed by atoms with Crippen molar-refractivity contribution in [1.82, 2.24) is 25.0 Å². The number of aryl methyl sites for hydroxylation is 2. The van der Waals surface area contributed by atoms with Crippen LogP contribution in [0.2, 0.25) is 0 Å². The highest BCUT2D eigenvalue weighted by Gasteiger charge is 2.42. The minimum absolute atomic E-state index is 0.0129. The summed E-state index contributed by atoms with van der Waals surface area (Å²) in [4.78, 5) is 30.5. The van der Waals surface area contributed by atoms with Gasteiger partial charge < -0.3 is 10.2 Å². The van der Waals surface area contributed by atoms with Gasteiger partial charge in [0.1, 0.15) is 0 Å². The van der Waals surface area contributed by atoms with E-state index >= 15 is 0 Å². The number of aromatic nitrogens is 3. The second-order valence-corrected chi connectivity index (χ2v) is 6.47. The van der Waals surface area contributed by atoms with Gasteiger partial charge in [-0.2, -0.15) is 5.10 Å². The fraction of sp³-hybridized carbons (Fsp3) is 0.444. The van der Waals surface area contributed by atoms with Crippen molar-refractivity contribution in [2.45, 2.75) is 32.4 Å². The topological polar surface area (TPSA) is 80.1 Å². The van der Waals surface area contributed by atoms with E-state index < -0.39 is 0 Å². The third kappa shape index (κ3) is 3.87. The van der Waals surface area contributed by atoms with Crippen molar-refractivity contribution in [2.24, 2.45) is 5.92 Å². The van der Waals surface area contributed by atoms with Crippen LogP contribution in [0.25, 0.3) is 0 Å². The van der Waals surface area contributed by atoms with Crippen molar-refractivity contribution in [2.75, 3.05) is 13.6 Å². The average Bonchev–Trinajstić information content (AvgIpc) is 3.16. The largest absolute Gasteiger partial charge is 0.356 e. The van der Waals surface area contributed by atoms with Crippen LogP contribution < -0.4 is 5.32 Å². The Morgan fingerprint density at radius 1 is 1.40 bits per heavy atom. The lowest BCUT2D eigenvalue weighted by atomic mass is 9.94. The summed E-state index contributed by atoms with van der Waals surface area (Å²) in [7, 11) is 1.74. The van der Waals surface area contributed by atoms with Gasteiger partial charge in [-0.05, 0) is 30.5 Å². The van der Waals surface area contributed by atoms with Crippen LogP contribution in [0.15, 0.2) is 36.9 Å². The molecule has 0 radical (unpaired) electrons. The van der Waals surface area contributed by atoms with Crippen molar-refractivity contribution < 1.29 is 9.59 Å². The lowest BCUT2D eigenvalue weighted by Gasteiger charge is -2.24. The van der Waals surface area contributed by atoms with Gasteiger partial charge in [-0.1, -0.05) is 6.07 Å². The fourth-order valence-corrected chi connectivity index (χ4v) is 3.28. The Balaban J connectivity index is 1.57. The number of rotatable bonds is 6. The smallest absolute Gasteiger partial charge is 0.226 e. The summed E-state index contributed by atoms with van der Waals surface area (Å²) in [6.45, 7) is 3.31. The molecule has 3 heterocycles. The monoisotopic (exact) mass is 341 g/mol. The Kier molecular flexibility index (Phi) is 5.11. The van der Waals surface area contributed by atoms with Crippen LogP contribution in [-0.4, -0.2) is 45.1 Å². The maximum Gasteiger partial charge on any atom is 0.226 e. The zero-order chi connectivity index (χ0) is 17.8. The number of likely N-dealkylation sites (tertiary alicyclic amines) is 1. The Bertz CT molecular complexity index is 743. The first kappa shape index (κ1) is 17.1. The normalized spacial score (nSPS) is 20.1. The molecule has 0 spiro atoms. The molecule has 132 valence electrons. The van der Waals surface area contributed by atoms with E-state index in [2.05, 4.69) is 15.4 Å². The van der Waals surface area contributed by atoms with Gasteiger partial charge in [0.15, 0.2) is 0 Å². The van der Waals surface area contributed by atoms with E-state index in [1.807, 2.05) is 36.1 Å². The van der Waals surface area contributed by atoms with Crippen LogP contribution in [-0.2, 0) is 16.1 Å². The van der Waals surface area contributed by atoms with Crippen molar-refractivity contribution in [3.05, 3.63) is 48.0 Å². The van der Waals surface area contributed by atoms with E-state index in [1.54, 1.807) is 24.3 Å². The number of hydrogen-bond acceptors (Lipinski definition) is 4. The van der Waals surface area contributed by atoms with Crippen LogP contribution >= 0.6 is 0 Å². The first-order chi connectivity index (χ1) is 12.1. The molecule has 0 saturated carbocycles. The van der Waals surface area contributed by atoms with E-state index in [9.17, 15) is 9.59 Å². The minimum atomic E-state index is -0.381. The van der Waals surface area contributed by atoms with Gasteiger partial charge in [0.2, 0.25) is 11.8 Å². The number of carbonyl (C=O) groups is 2. The molecule has 1 fully saturated rings. The molecule has 7 nitrogen and oxygen atoms in total. The minimum Gasteiger partial charge on any atom is -0.356 e. The predicted molar refractivity (Wildman–Crippen MR) is 92.4 cm³/mol. The van der Waals surface area contributed by atoms with Crippen LogP contribution in [0.5, 0.6) is 0 Å². The SMILES string of the molecule is Cc1cnn(CCCNC(=O)[C@@H]2CC(=O)N(C)[C@@H]2c2cccnc2)c1. The summed E-state index contributed by atoms with van der Waals surface area (Å²) in [5, 5.41) is 7.19. The quantitative estimate of drug-likeness (QED) is 0.804. The molecule has 0 unspecified atom stereocenters. The number of amides is 2. The number of nitrogens with one attached hydrogen (secondary N) is 1. The molecule has 25 heavy (non-hydrogen) atoms. The molecule has 2 aromatic rings. The second-order valence-electron chi connectivity index (χ2n) is 6.47. The zero-order valence-corrected chi connectivity index (χ0v) is 14.6. The summed E-state index contributed by atoms with van der Waals surface area (Å²) in [6.07, 6.45) is 8.23. The predicted octanol–water partition coefficient (Wildman–Crippen LogP) is 1.31. The lowest BCUT2D eigenvalue weighted by Crippen LogP contribution is -2.35. The van der Waals surface area contributed by atoms with E-state index in [4.69, 9.17) is 0 Å². The van der Waals surface area contributed by atoms with E-state index in [0.29, 0.717) is 6.54 Å². The molecule has 0 aromatic carbocycles. The lowest BCUT2D eigenvalue weighted by molar-refractivity contribution is -0.128. The van der Waals surface area contributed by atoms with Crippen molar-refractivity contribution in [3.63, 3.8) is 0 Å². The van der Waals surface area contributed by atoms with Crippen LogP contribution in [0, 0.1) is 12.8 Å². The molecule has 2 atom stereocenters. The number of nitrogens with zero attached hydrogens (tertiary/aromatic N) is 4. The molecular formula is C18H23N5O2. The summed E-state index contributed by atoms with van der Waals surface area (Å²) in [5.41, 5.74) is 2.01. The van der Waals surface area contributed by atoms with Crippen LogP contribution in [0.1, 0.15) is 30.0 Å². The molecule has 3 rings (SSSR count). The Labute approximate surface area is 147 Å². The first-order valence-corrected chi connectivity index (χ1v) is 8.48. The maximum atomic E-state index is 12.6. The number of pyridine rings is 1. The third-order valence-electron chi connectivity index (χ3n) is 4.57. The molecule has 1 N–H and O–H groups in total. The molecule has 0 bridgehead atoms. The van der Waals surface area contributed by atoms with Gasteiger partial charge in [-0.25, -0.2) is 0 Å². The third-order valence-corrected chi connectivity index (χ3v) is 4.57. The van der Waals surface area contributed by atoms with E-state index in [0.717, 1.165) is 24.1 Å². The highest BCUT2D eigenvalue weighted by Crippen LogP contribution is 2.36. The summed E-state index contributed by atoms with van der Waals surface area (Å²) < 4.78 is 1.87. The van der Waals surface area contributed by atoms with Gasteiger partial charge in [-0.15, -0.1) is 0 Å². The molecule has 1 saturated heterocycles. The second kappa shape index (κ2) is 7.46. The molecular weight excluding hydrogens is 318 g/mol. The van der Waals surface area contributed by atoms with Crippen LogP contribution in [0.4, 0.5) is 0 Å². The average molecular weight is 341 g/mol. The highest BCUT2D eigenvalue weighted by molar-refractivity contribution is 5.90. The summed E-state index contributed by atoms with van der Waals surface area (Å²) in [6, 6.07) is 3.48. The molecule has 0 aliphatic carbocycles. The van der Waals surface area contributed by atoms with E-state index in [-0.39, 0.29) is 30.2 Å². The fourth-order valence-electron chi connectivity index (χ4n) is 3.28. The van der Waals surface area contributed by atoms with E-state index in [1.165, 1.54) is 0 Å². The Morgan fingerprint density at radius 3 is 2.92 bits per heavy atom. The summed E-state index contributed by atoms with van der Waals surface area (Å²) >= 11 is 0. The number of carbonyl (C=O) groups excluding carboxylic acids is 2. The molecule has 2 amide bonds. The van der Waals surface area contributed by atoms with Crippen molar-refractivity contribution in [1.29, 1.82) is 0 Å². The molecule has 7 heteroatoms. The van der Waals surface area contributed by atoms with Gasteiger partial charge in [0.25, 0.3) is 0 Å². The zero-order valence-electron chi connectivity index (χ0n) is 14.6. The molecule has 1 aliphatic heterocycles. The Hall–Kier alpha value is -2.70. The van der Waals surface area contributed by atoms with Gasteiger partial charge in [-0.3, -0.25) is 19.3 Å². The molecule has 1 aliphatic rings. The number of hydrogen-bond donors (Lipinski definition) is 1. The van der Waals surface area contributed by atoms with Gasteiger partial charge in [0, 0.05) is 45.1 Å². The maximum absolute atomic E-state index is 12.6. The van der Waals surface area contributed by atoms with Gasteiger partial charge in [0.05, 0.1) is 18.2 Å². The van der Waals surface area contributed by atoms with Crippen molar-refractivity contribution in [3.8, 4) is 0 Å². The van der Waals surface area contributed by atoms with Crippen molar-refractivity contribution >= 4 is 11.8 Å². The highest BCUT2D eigenvalue weighted by atomic mass is 16.2. The molecule has 2 aromatic heterocycles. The van der Waals surface area contributed by atoms with Crippen LogP contribution in [0.3, 0.4) is 0 Å².